The standard InChI is InChI=1S/C12H15BN2O4S.C2H4O2/c1-18-15-11(9-5-4-8-20-9)12(16)14-10-6-2-3-7-19-13(10)17;1-2(3)4/h2-5,8,10,17H,6-7H2,1H3,(H,14,16);1H3,(H,3,4)/b15-11-;. The van der Waals surface area contributed by atoms with Crippen molar-refractivity contribution >= 4 is 36.0 Å². The predicted octanol–water partition coefficient (Wildman–Crippen LogP) is 0.671. The molecule has 0 bridgehead atoms. The lowest BCUT2D eigenvalue weighted by atomic mass is 9.77. The largest absolute Gasteiger partial charge is 0.481 e. The van der Waals surface area contributed by atoms with E-state index < -0.39 is 24.9 Å². The molecule has 8 nitrogen and oxygen atoms in total. The molecule has 1 unspecified atom stereocenters. The minimum Gasteiger partial charge on any atom is -0.481 e. The van der Waals surface area contributed by atoms with Crippen LogP contribution < -0.4 is 5.32 Å². The highest BCUT2D eigenvalue weighted by atomic mass is 32.1. The second-order valence-electron chi connectivity index (χ2n) is 4.63. The topological polar surface area (TPSA) is 117 Å². The monoisotopic (exact) mass is 354 g/mol. The fraction of sp³-hybridized carbons (Fsp3) is 0.357. The van der Waals surface area contributed by atoms with E-state index in [4.69, 9.17) is 19.4 Å². The molecule has 1 atom stereocenters. The Balaban J connectivity index is 0.000000648. The van der Waals surface area contributed by atoms with Crippen LogP contribution in [0.15, 0.2) is 34.8 Å². The minimum atomic E-state index is -1.04. The van der Waals surface area contributed by atoms with E-state index in [1.54, 1.807) is 12.1 Å². The molecular weight excluding hydrogens is 335 g/mol. The highest BCUT2D eigenvalue weighted by Crippen LogP contribution is 2.12. The highest BCUT2D eigenvalue weighted by Gasteiger charge is 2.30. The second-order valence-corrected chi connectivity index (χ2v) is 5.58. The molecule has 2 heterocycles. The van der Waals surface area contributed by atoms with Crippen molar-refractivity contribution in [1.82, 2.24) is 5.32 Å². The van der Waals surface area contributed by atoms with Crippen LogP contribution in [0.4, 0.5) is 0 Å². The summed E-state index contributed by atoms with van der Waals surface area (Å²) in [6.45, 7) is 1.41. The average molecular weight is 354 g/mol. The van der Waals surface area contributed by atoms with Crippen molar-refractivity contribution < 1.29 is 29.2 Å². The van der Waals surface area contributed by atoms with Crippen molar-refractivity contribution in [2.24, 2.45) is 5.16 Å². The van der Waals surface area contributed by atoms with Crippen LogP contribution in [0, 0.1) is 0 Å². The maximum Gasteiger partial charge on any atom is 0.478 e. The number of hydrogen-bond acceptors (Lipinski definition) is 7. The molecule has 10 heteroatoms. The van der Waals surface area contributed by atoms with Crippen LogP contribution in [0.25, 0.3) is 0 Å². The van der Waals surface area contributed by atoms with E-state index in [9.17, 15) is 9.82 Å². The van der Waals surface area contributed by atoms with E-state index in [0.717, 1.165) is 6.92 Å². The van der Waals surface area contributed by atoms with Gasteiger partial charge in [0.15, 0.2) is 5.71 Å². The molecule has 1 aliphatic heterocycles. The van der Waals surface area contributed by atoms with Crippen molar-refractivity contribution in [2.45, 2.75) is 19.3 Å². The van der Waals surface area contributed by atoms with Gasteiger partial charge in [-0.2, -0.15) is 0 Å². The quantitative estimate of drug-likeness (QED) is 0.317. The third-order valence-corrected chi connectivity index (χ3v) is 3.61. The van der Waals surface area contributed by atoms with Gasteiger partial charge in [0.1, 0.15) is 7.11 Å². The molecule has 1 aliphatic rings. The summed E-state index contributed by atoms with van der Waals surface area (Å²) in [6.07, 6.45) is 4.16. The smallest absolute Gasteiger partial charge is 0.478 e. The van der Waals surface area contributed by atoms with Crippen LogP contribution in [0.5, 0.6) is 0 Å². The van der Waals surface area contributed by atoms with E-state index in [0.29, 0.717) is 17.9 Å². The molecule has 2 rings (SSSR count). The van der Waals surface area contributed by atoms with E-state index in [-0.39, 0.29) is 5.71 Å². The van der Waals surface area contributed by atoms with E-state index in [1.165, 1.54) is 18.4 Å². The first-order valence-electron chi connectivity index (χ1n) is 7.05. The van der Waals surface area contributed by atoms with Crippen LogP contribution in [0.2, 0.25) is 0 Å². The Bertz CT molecular complexity index is 586. The van der Waals surface area contributed by atoms with E-state index in [2.05, 4.69) is 10.5 Å². The average Bonchev–Trinajstić information content (AvgIpc) is 2.96. The third kappa shape index (κ3) is 6.94. The number of oxime groups is 1. The first kappa shape index (κ1) is 19.9. The molecule has 1 amide bonds. The maximum absolute atomic E-state index is 12.3. The van der Waals surface area contributed by atoms with Gasteiger partial charge in [0, 0.05) is 13.5 Å². The third-order valence-electron chi connectivity index (χ3n) is 2.73. The lowest BCUT2D eigenvalue weighted by molar-refractivity contribution is -0.134. The minimum absolute atomic E-state index is 0.183. The summed E-state index contributed by atoms with van der Waals surface area (Å²) >= 11 is 1.39. The summed E-state index contributed by atoms with van der Waals surface area (Å²) < 4.78 is 5.13. The van der Waals surface area contributed by atoms with Gasteiger partial charge in [0.2, 0.25) is 0 Å². The number of hydrogen-bond donors (Lipinski definition) is 3. The number of carbonyl (C=O) groups excluding carboxylic acids is 1. The summed E-state index contributed by atoms with van der Waals surface area (Å²) in [5, 5.41) is 25.5. The Kier molecular flexibility index (Phi) is 8.76. The SMILES string of the molecule is CC(=O)O.CO/N=C(\C(=O)NC1CC=CCOB1O)c1cccs1. The number of carboxylic acid groups (broad SMARTS) is 1. The molecule has 0 saturated carbocycles. The predicted molar refractivity (Wildman–Crippen MR) is 90.8 cm³/mol. The molecule has 0 saturated heterocycles. The number of nitrogens with zero attached hydrogens (tertiary/aromatic N) is 1. The van der Waals surface area contributed by atoms with Gasteiger partial charge in [-0.25, -0.2) is 0 Å². The molecule has 130 valence electrons. The number of nitrogens with one attached hydrogen (secondary N) is 1. The Hall–Kier alpha value is -2.17. The van der Waals surface area contributed by atoms with Crippen LogP contribution in [-0.4, -0.2) is 54.5 Å². The van der Waals surface area contributed by atoms with Crippen molar-refractivity contribution in [3.8, 4) is 0 Å². The van der Waals surface area contributed by atoms with Gasteiger partial charge in [-0.15, -0.1) is 11.3 Å². The molecule has 1 aromatic rings. The fourth-order valence-electron chi connectivity index (χ4n) is 1.77. The van der Waals surface area contributed by atoms with Gasteiger partial charge in [-0.3, -0.25) is 9.59 Å². The van der Waals surface area contributed by atoms with Crippen LogP contribution in [-0.2, 0) is 19.1 Å². The normalized spacial score (nSPS) is 17.4. The Morgan fingerprint density at radius 3 is 2.79 bits per heavy atom. The number of aliphatic carboxylic acids is 1. The number of amides is 1. The van der Waals surface area contributed by atoms with Crippen LogP contribution in [0.3, 0.4) is 0 Å². The van der Waals surface area contributed by atoms with Crippen molar-refractivity contribution in [3.05, 3.63) is 34.5 Å². The van der Waals surface area contributed by atoms with Gasteiger partial charge in [-0.1, -0.05) is 23.4 Å². The zero-order chi connectivity index (χ0) is 17.9. The summed E-state index contributed by atoms with van der Waals surface area (Å²) in [5.41, 5.74) is 0.183. The molecule has 0 aromatic carbocycles. The molecule has 0 spiro atoms. The van der Waals surface area contributed by atoms with Crippen molar-refractivity contribution in [2.75, 3.05) is 13.7 Å². The molecule has 1 aromatic heterocycles. The lowest BCUT2D eigenvalue weighted by Crippen LogP contribution is -2.49. The summed E-state index contributed by atoms with van der Waals surface area (Å²) in [7, 11) is 0.342. The maximum atomic E-state index is 12.3. The highest BCUT2D eigenvalue weighted by molar-refractivity contribution is 7.13. The summed E-state index contributed by atoms with van der Waals surface area (Å²) in [4.78, 5) is 26.7. The first-order chi connectivity index (χ1) is 11.5. The molecule has 0 radical (unpaired) electrons. The summed E-state index contributed by atoms with van der Waals surface area (Å²) in [5.74, 6) is -1.75. The van der Waals surface area contributed by atoms with Crippen LogP contribution >= 0.6 is 11.3 Å². The zero-order valence-electron chi connectivity index (χ0n) is 13.3. The molecule has 24 heavy (non-hydrogen) atoms. The van der Waals surface area contributed by atoms with Gasteiger partial charge in [0.05, 0.1) is 10.8 Å². The number of carbonyl (C=O) groups is 2. The summed E-state index contributed by atoms with van der Waals surface area (Å²) in [6, 6.07) is 3.60. The Labute approximate surface area is 143 Å². The van der Waals surface area contributed by atoms with Gasteiger partial charge >= 0.3 is 7.12 Å². The molecule has 0 fully saturated rings. The van der Waals surface area contributed by atoms with Gasteiger partial charge in [0.25, 0.3) is 11.9 Å². The van der Waals surface area contributed by atoms with E-state index in [1.807, 2.05) is 17.5 Å². The fourth-order valence-corrected chi connectivity index (χ4v) is 2.47. The number of carboxylic acids is 1. The van der Waals surface area contributed by atoms with Crippen molar-refractivity contribution in [3.63, 3.8) is 0 Å². The van der Waals surface area contributed by atoms with E-state index >= 15 is 0 Å². The molecular formula is C14H19BN2O6S. The Morgan fingerprint density at radius 2 is 2.21 bits per heavy atom. The van der Waals surface area contributed by atoms with Gasteiger partial charge in [-0.05, 0) is 17.9 Å². The van der Waals surface area contributed by atoms with Crippen molar-refractivity contribution in [1.29, 1.82) is 0 Å². The molecule has 3 N–H and O–H groups in total. The second kappa shape index (κ2) is 10.6. The lowest BCUT2D eigenvalue weighted by Gasteiger charge is -2.17. The Morgan fingerprint density at radius 1 is 1.50 bits per heavy atom. The zero-order valence-corrected chi connectivity index (χ0v) is 14.2. The van der Waals surface area contributed by atoms with Gasteiger partial charge < -0.3 is 24.9 Å². The number of thiophene rings is 1. The first-order valence-corrected chi connectivity index (χ1v) is 7.93. The molecule has 0 aliphatic carbocycles. The number of rotatable bonds is 4. The van der Waals surface area contributed by atoms with Crippen LogP contribution in [0.1, 0.15) is 18.2 Å².